The van der Waals surface area contributed by atoms with Crippen molar-refractivity contribution in [1.29, 1.82) is 0 Å². The fraction of sp³-hybridized carbons (Fsp3) is 0.667. The first kappa shape index (κ1) is 18.5. The molecule has 2 fully saturated rings. The molecule has 1 aromatic rings. The van der Waals surface area contributed by atoms with Gasteiger partial charge in [0.25, 0.3) is 0 Å². The van der Waals surface area contributed by atoms with Gasteiger partial charge < -0.3 is 10.6 Å². The number of aliphatic imine (C=N–C) groups is 1. The van der Waals surface area contributed by atoms with Crippen LogP contribution in [0.2, 0.25) is 0 Å². The quantitative estimate of drug-likeness (QED) is 0.372. The number of hydrogen-bond donors (Lipinski definition) is 2. The first-order valence-electron chi connectivity index (χ1n) is 7.70. The van der Waals surface area contributed by atoms with E-state index in [-0.39, 0.29) is 24.0 Å². The third-order valence-corrected chi connectivity index (χ3v) is 5.82. The Bertz CT molecular complexity index is 503. The van der Waals surface area contributed by atoms with E-state index in [1.54, 1.807) is 11.3 Å². The van der Waals surface area contributed by atoms with Gasteiger partial charge in [-0.3, -0.25) is 9.89 Å². The molecule has 1 unspecified atom stereocenters. The van der Waals surface area contributed by atoms with Crippen LogP contribution in [-0.4, -0.2) is 49.6 Å². The molecular formula is C15H24BrIN4S. The van der Waals surface area contributed by atoms with Gasteiger partial charge in [-0.25, -0.2) is 0 Å². The molecule has 0 aromatic carbocycles. The molecule has 0 bridgehead atoms. The van der Waals surface area contributed by atoms with Crippen LogP contribution in [0.5, 0.6) is 0 Å². The monoisotopic (exact) mass is 498 g/mol. The smallest absolute Gasteiger partial charge is 0.191 e. The molecule has 2 heterocycles. The maximum Gasteiger partial charge on any atom is 0.191 e. The predicted octanol–water partition coefficient (Wildman–Crippen LogP) is 3.07. The predicted molar refractivity (Wildman–Crippen MR) is 109 cm³/mol. The Morgan fingerprint density at radius 2 is 2.23 bits per heavy atom. The van der Waals surface area contributed by atoms with Crippen molar-refractivity contribution in [3.05, 3.63) is 20.8 Å². The van der Waals surface area contributed by atoms with Gasteiger partial charge in [0.05, 0.1) is 3.79 Å². The van der Waals surface area contributed by atoms with Crippen molar-refractivity contribution in [1.82, 2.24) is 15.5 Å². The van der Waals surface area contributed by atoms with Gasteiger partial charge in [0.15, 0.2) is 5.96 Å². The lowest BCUT2D eigenvalue weighted by atomic mass is 10.3. The highest BCUT2D eigenvalue weighted by Gasteiger charge is 2.34. The Balaban J connectivity index is 0.00000176. The molecule has 22 heavy (non-hydrogen) atoms. The number of nitrogens with one attached hydrogen (secondary N) is 2. The molecule has 7 heteroatoms. The fourth-order valence-corrected chi connectivity index (χ4v) is 4.34. The number of guanidine groups is 1. The van der Waals surface area contributed by atoms with Crippen LogP contribution in [-0.2, 0) is 6.42 Å². The van der Waals surface area contributed by atoms with Crippen molar-refractivity contribution >= 4 is 57.2 Å². The van der Waals surface area contributed by atoms with E-state index in [1.165, 1.54) is 41.0 Å². The van der Waals surface area contributed by atoms with E-state index in [9.17, 15) is 0 Å². The molecule has 1 aromatic heterocycles. The van der Waals surface area contributed by atoms with Crippen LogP contribution in [0, 0.1) is 0 Å². The standard InChI is InChI=1S/C15H23BrN4S.HI/c1-17-15(18-8-6-13-4-5-14(16)21-13)19-11-7-9-20(10-11)12-2-3-12;/h4-5,11-12H,2-3,6-10H2,1H3,(H2,17,18,19);1H. The van der Waals surface area contributed by atoms with Gasteiger partial charge >= 0.3 is 0 Å². The third kappa shape index (κ3) is 5.35. The summed E-state index contributed by atoms with van der Waals surface area (Å²) in [7, 11) is 1.85. The molecule has 4 nitrogen and oxygen atoms in total. The summed E-state index contributed by atoms with van der Waals surface area (Å²) in [6.45, 7) is 3.33. The Hall–Kier alpha value is 0.140. The van der Waals surface area contributed by atoms with Crippen LogP contribution in [0.15, 0.2) is 20.9 Å². The minimum Gasteiger partial charge on any atom is -0.356 e. The summed E-state index contributed by atoms with van der Waals surface area (Å²) < 4.78 is 1.20. The molecule has 1 aliphatic carbocycles. The Kier molecular flexibility index (Phi) is 7.43. The minimum absolute atomic E-state index is 0. The lowest BCUT2D eigenvalue weighted by molar-refractivity contribution is 0.321. The van der Waals surface area contributed by atoms with Crippen molar-refractivity contribution in [2.45, 2.75) is 37.8 Å². The largest absolute Gasteiger partial charge is 0.356 e. The molecule has 1 atom stereocenters. The summed E-state index contributed by atoms with van der Waals surface area (Å²) in [5.41, 5.74) is 0. The maximum atomic E-state index is 4.34. The molecule has 2 aliphatic rings. The molecule has 2 N–H and O–H groups in total. The SMILES string of the molecule is CN=C(NCCc1ccc(Br)s1)NC1CCN(C2CC2)C1.I. The van der Waals surface area contributed by atoms with E-state index in [0.717, 1.165) is 25.0 Å². The van der Waals surface area contributed by atoms with Crippen molar-refractivity contribution < 1.29 is 0 Å². The van der Waals surface area contributed by atoms with Crippen LogP contribution in [0.25, 0.3) is 0 Å². The Labute approximate surface area is 162 Å². The molecule has 1 saturated carbocycles. The molecular weight excluding hydrogens is 475 g/mol. The Morgan fingerprint density at radius 3 is 2.86 bits per heavy atom. The second-order valence-electron chi connectivity index (χ2n) is 5.81. The second kappa shape index (κ2) is 8.84. The average Bonchev–Trinajstić information content (AvgIpc) is 3.09. The summed E-state index contributed by atoms with van der Waals surface area (Å²) in [4.78, 5) is 8.36. The van der Waals surface area contributed by atoms with E-state index in [4.69, 9.17) is 0 Å². The number of likely N-dealkylation sites (tertiary alicyclic amines) is 1. The summed E-state index contributed by atoms with van der Waals surface area (Å²) in [6, 6.07) is 5.71. The second-order valence-corrected chi connectivity index (χ2v) is 8.36. The molecule has 1 saturated heterocycles. The lowest BCUT2D eigenvalue weighted by Gasteiger charge is -2.18. The summed E-state index contributed by atoms with van der Waals surface area (Å²) >= 11 is 5.30. The molecule has 1 aliphatic heterocycles. The Morgan fingerprint density at radius 1 is 1.41 bits per heavy atom. The number of rotatable bonds is 5. The molecule has 3 rings (SSSR count). The van der Waals surface area contributed by atoms with Gasteiger partial charge in [-0.1, -0.05) is 0 Å². The van der Waals surface area contributed by atoms with Gasteiger partial charge in [0, 0.05) is 43.6 Å². The van der Waals surface area contributed by atoms with Crippen LogP contribution in [0.1, 0.15) is 24.1 Å². The first-order valence-corrected chi connectivity index (χ1v) is 9.31. The molecule has 124 valence electrons. The highest BCUT2D eigenvalue weighted by atomic mass is 127. The first-order chi connectivity index (χ1) is 10.2. The summed E-state index contributed by atoms with van der Waals surface area (Å²) in [5, 5.41) is 6.99. The number of nitrogens with zero attached hydrogens (tertiary/aromatic N) is 2. The van der Waals surface area contributed by atoms with Gasteiger partial charge in [-0.05, 0) is 53.7 Å². The fourth-order valence-electron chi connectivity index (χ4n) is 2.85. The van der Waals surface area contributed by atoms with Gasteiger partial charge in [-0.2, -0.15) is 0 Å². The van der Waals surface area contributed by atoms with Gasteiger partial charge in [0.2, 0.25) is 0 Å². The van der Waals surface area contributed by atoms with E-state index in [2.05, 4.69) is 48.6 Å². The van der Waals surface area contributed by atoms with Gasteiger partial charge in [0.1, 0.15) is 0 Å². The third-order valence-electron chi connectivity index (χ3n) is 4.14. The van der Waals surface area contributed by atoms with Crippen molar-refractivity contribution in [3.8, 4) is 0 Å². The summed E-state index contributed by atoms with van der Waals surface area (Å²) in [5.74, 6) is 0.938. The highest BCUT2D eigenvalue weighted by Crippen LogP contribution is 2.29. The minimum atomic E-state index is 0. The van der Waals surface area contributed by atoms with Crippen LogP contribution >= 0.6 is 51.2 Å². The average molecular weight is 499 g/mol. The zero-order valence-electron chi connectivity index (χ0n) is 12.8. The van der Waals surface area contributed by atoms with Crippen molar-refractivity contribution in [3.63, 3.8) is 0 Å². The van der Waals surface area contributed by atoms with Crippen LogP contribution in [0.4, 0.5) is 0 Å². The number of thiophene rings is 1. The van der Waals surface area contributed by atoms with E-state index < -0.39 is 0 Å². The molecule has 0 radical (unpaired) electrons. The van der Waals surface area contributed by atoms with Crippen LogP contribution in [0.3, 0.4) is 0 Å². The van der Waals surface area contributed by atoms with Crippen molar-refractivity contribution in [2.75, 3.05) is 26.7 Å². The maximum absolute atomic E-state index is 4.34. The van der Waals surface area contributed by atoms with Crippen molar-refractivity contribution in [2.24, 2.45) is 4.99 Å². The van der Waals surface area contributed by atoms with E-state index >= 15 is 0 Å². The van der Waals surface area contributed by atoms with Gasteiger partial charge in [-0.15, -0.1) is 35.3 Å². The molecule has 0 amide bonds. The normalized spacial score (nSPS) is 22.5. The van der Waals surface area contributed by atoms with Crippen LogP contribution < -0.4 is 10.6 Å². The highest BCUT2D eigenvalue weighted by molar-refractivity contribution is 14.0. The lowest BCUT2D eigenvalue weighted by Crippen LogP contribution is -2.45. The van der Waals surface area contributed by atoms with E-state index in [1.807, 2.05) is 7.05 Å². The van der Waals surface area contributed by atoms with E-state index in [0.29, 0.717) is 6.04 Å². The molecule has 0 spiro atoms. The zero-order chi connectivity index (χ0) is 14.7. The number of hydrogen-bond acceptors (Lipinski definition) is 3. The summed E-state index contributed by atoms with van der Waals surface area (Å²) in [6.07, 6.45) is 5.07. The zero-order valence-corrected chi connectivity index (χ0v) is 17.6. The topological polar surface area (TPSA) is 39.7 Å². The number of halogens is 2.